The minimum Gasteiger partial charge on any atom is -0.300 e. The van der Waals surface area contributed by atoms with Crippen molar-refractivity contribution in [1.82, 2.24) is 9.97 Å². The highest BCUT2D eigenvalue weighted by atomic mass is 79.9. The number of halogens is 3. The number of thioether (sulfide) groups is 1. The number of nitrogens with zero attached hydrogens (tertiary/aromatic N) is 2. The molecule has 0 bridgehead atoms. The van der Waals surface area contributed by atoms with Gasteiger partial charge in [-0.25, -0.2) is 9.37 Å². The van der Waals surface area contributed by atoms with Crippen LogP contribution in [-0.2, 0) is 5.33 Å². The molecule has 0 amide bonds. The smallest absolute Gasteiger partial charge is 0.270 e. The van der Waals surface area contributed by atoms with Crippen molar-refractivity contribution >= 4 is 43.6 Å². The molecule has 0 unspecified atom stereocenters. The van der Waals surface area contributed by atoms with Gasteiger partial charge >= 0.3 is 0 Å². The molecular weight excluding hydrogens is 425 g/mol. The Kier molecular flexibility index (Phi) is 5.19. The van der Waals surface area contributed by atoms with Gasteiger partial charge in [-0.2, -0.15) is 5.26 Å². The number of H-pyrrole nitrogens is 1. The minimum absolute atomic E-state index is 0.0535. The summed E-state index contributed by atoms with van der Waals surface area (Å²) in [5.41, 5.74) is -0.184. The van der Waals surface area contributed by atoms with Crippen molar-refractivity contribution in [3.63, 3.8) is 0 Å². The van der Waals surface area contributed by atoms with Gasteiger partial charge in [0, 0.05) is 20.9 Å². The number of aromatic nitrogens is 2. The van der Waals surface area contributed by atoms with E-state index in [-0.39, 0.29) is 16.8 Å². The Hall–Kier alpha value is -1.17. The Balaban J connectivity index is 2.82. The van der Waals surface area contributed by atoms with E-state index in [4.69, 9.17) is 5.26 Å². The first-order valence-corrected chi connectivity index (χ1v) is 8.79. The second kappa shape index (κ2) is 6.73. The van der Waals surface area contributed by atoms with Crippen molar-refractivity contribution in [1.29, 1.82) is 5.26 Å². The molecule has 0 aliphatic carbocycles. The zero-order chi connectivity index (χ0) is 15.6. The van der Waals surface area contributed by atoms with Crippen LogP contribution in [0.4, 0.5) is 4.39 Å². The highest BCUT2D eigenvalue weighted by Gasteiger charge is 2.19. The normalized spacial score (nSPS) is 10.4. The molecule has 0 saturated heterocycles. The number of hydrogen-bond acceptors (Lipinski definition) is 4. The number of benzene rings is 1. The number of aromatic amines is 1. The van der Waals surface area contributed by atoms with E-state index in [0.29, 0.717) is 20.5 Å². The van der Waals surface area contributed by atoms with Crippen LogP contribution in [0.3, 0.4) is 0 Å². The first-order chi connectivity index (χ1) is 10.0. The average Bonchev–Trinajstić information content (AvgIpc) is 2.47. The summed E-state index contributed by atoms with van der Waals surface area (Å²) in [5.74, 6) is -0.511. The number of rotatable bonds is 3. The summed E-state index contributed by atoms with van der Waals surface area (Å²) in [6, 6.07) is 4.95. The van der Waals surface area contributed by atoms with E-state index in [2.05, 4.69) is 41.8 Å². The largest absolute Gasteiger partial charge is 0.300 e. The SMILES string of the molecule is CSc1nc(-c2ccc(Br)c(CBr)c2F)c(C#N)c(=O)[nH]1. The van der Waals surface area contributed by atoms with Crippen LogP contribution in [0, 0.1) is 17.1 Å². The third kappa shape index (κ3) is 3.05. The molecule has 108 valence electrons. The topological polar surface area (TPSA) is 69.5 Å². The van der Waals surface area contributed by atoms with Crippen LogP contribution in [0.25, 0.3) is 11.3 Å². The van der Waals surface area contributed by atoms with Crippen LogP contribution in [0.1, 0.15) is 11.1 Å². The number of nitrogens with one attached hydrogen (secondary N) is 1. The molecule has 0 aliphatic rings. The van der Waals surface area contributed by atoms with Crippen LogP contribution in [0.2, 0.25) is 0 Å². The molecule has 4 nitrogen and oxygen atoms in total. The van der Waals surface area contributed by atoms with Gasteiger partial charge in [-0.1, -0.05) is 43.6 Å². The van der Waals surface area contributed by atoms with Gasteiger partial charge in [0.05, 0.1) is 5.69 Å². The molecule has 0 radical (unpaired) electrons. The predicted octanol–water partition coefficient (Wildman–Crippen LogP) is 3.83. The van der Waals surface area contributed by atoms with Crippen molar-refractivity contribution in [2.24, 2.45) is 0 Å². The Morgan fingerprint density at radius 3 is 2.81 bits per heavy atom. The average molecular weight is 433 g/mol. The third-order valence-electron chi connectivity index (χ3n) is 2.78. The summed E-state index contributed by atoms with van der Waals surface area (Å²) < 4.78 is 15.2. The van der Waals surface area contributed by atoms with Gasteiger partial charge in [-0.3, -0.25) is 4.79 Å². The number of nitriles is 1. The van der Waals surface area contributed by atoms with E-state index in [1.54, 1.807) is 18.4 Å². The van der Waals surface area contributed by atoms with Gasteiger partial charge in [0.1, 0.15) is 17.4 Å². The lowest BCUT2D eigenvalue weighted by Gasteiger charge is -2.10. The lowest BCUT2D eigenvalue weighted by atomic mass is 10.0. The van der Waals surface area contributed by atoms with Crippen LogP contribution < -0.4 is 5.56 Å². The molecule has 0 fully saturated rings. The van der Waals surface area contributed by atoms with E-state index in [1.807, 2.05) is 0 Å². The number of hydrogen-bond donors (Lipinski definition) is 1. The van der Waals surface area contributed by atoms with Crippen molar-refractivity contribution in [3.05, 3.63) is 43.9 Å². The first kappa shape index (κ1) is 16.2. The Morgan fingerprint density at radius 2 is 2.24 bits per heavy atom. The van der Waals surface area contributed by atoms with Crippen LogP contribution in [0.5, 0.6) is 0 Å². The van der Waals surface area contributed by atoms with E-state index in [9.17, 15) is 9.18 Å². The molecule has 2 rings (SSSR count). The number of alkyl halides is 1. The highest BCUT2D eigenvalue weighted by Crippen LogP contribution is 2.31. The fraction of sp³-hybridized carbons (Fsp3) is 0.154. The predicted molar refractivity (Wildman–Crippen MR) is 87.1 cm³/mol. The molecule has 0 aliphatic heterocycles. The third-order valence-corrected chi connectivity index (χ3v) is 4.66. The lowest BCUT2D eigenvalue weighted by molar-refractivity contribution is 0.619. The van der Waals surface area contributed by atoms with Crippen molar-refractivity contribution < 1.29 is 4.39 Å². The summed E-state index contributed by atoms with van der Waals surface area (Å²) >= 11 is 7.69. The first-order valence-electron chi connectivity index (χ1n) is 5.65. The Labute approximate surface area is 141 Å². The molecule has 21 heavy (non-hydrogen) atoms. The summed E-state index contributed by atoms with van der Waals surface area (Å²) in [7, 11) is 0. The molecule has 1 aromatic heterocycles. The second-order valence-corrected chi connectivity index (χ2v) is 6.14. The maximum atomic E-state index is 14.6. The van der Waals surface area contributed by atoms with Crippen molar-refractivity contribution in [2.45, 2.75) is 10.5 Å². The summed E-state index contributed by atoms with van der Waals surface area (Å²) in [4.78, 5) is 18.5. The summed E-state index contributed by atoms with van der Waals surface area (Å²) in [6.45, 7) is 0. The van der Waals surface area contributed by atoms with Crippen molar-refractivity contribution in [2.75, 3.05) is 6.26 Å². The van der Waals surface area contributed by atoms with Crippen LogP contribution in [0.15, 0.2) is 26.6 Å². The molecule has 0 saturated carbocycles. The molecule has 1 heterocycles. The molecule has 0 atom stereocenters. The van der Waals surface area contributed by atoms with Crippen molar-refractivity contribution in [3.8, 4) is 17.3 Å². The van der Waals surface area contributed by atoms with Gasteiger partial charge in [0.15, 0.2) is 5.16 Å². The monoisotopic (exact) mass is 431 g/mol. The molecule has 0 spiro atoms. The zero-order valence-electron chi connectivity index (χ0n) is 10.7. The van der Waals surface area contributed by atoms with Gasteiger partial charge in [-0.05, 0) is 18.4 Å². The fourth-order valence-electron chi connectivity index (χ4n) is 1.75. The molecule has 2 aromatic rings. The molecule has 1 N–H and O–H groups in total. The fourth-order valence-corrected chi connectivity index (χ4v) is 3.50. The van der Waals surface area contributed by atoms with E-state index < -0.39 is 11.4 Å². The quantitative estimate of drug-likeness (QED) is 0.454. The van der Waals surface area contributed by atoms with Gasteiger partial charge in [0.25, 0.3) is 5.56 Å². The molecule has 8 heteroatoms. The maximum Gasteiger partial charge on any atom is 0.270 e. The standard InChI is InChI=1S/C13H8Br2FN3OS/c1-21-13-18-11(8(5-17)12(20)19-13)6-2-3-9(15)7(4-14)10(6)16/h2-3H,4H2,1H3,(H,18,19,20). The molecular formula is C13H8Br2FN3OS. The van der Waals surface area contributed by atoms with Crippen LogP contribution >= 0.6 is 43.6 Å². The highest BCUT2D eigenvalue weighted by molar-refractivity contribution is 9.10. The van der Waals surface area contributed by atoms with E-state index in [1.165, 1.54) is 17.8 Å². The van der Waals surface area contributed by atoms with Gasteiger partial charge < -0.3 is 4.98 Å². The Bertz CT molecular complexity index is 801. The Morgan fingerprint density at radius 1 is 1.52 bits per heavy atom. The summed E-state index contributed by atoms with van der Waals surface area (Å²) in [6.07, 6.45) is 1.73. The lowest BCUT2D eigenvalue weighted by Crippen LogP contribution is -2.15. The maximum absolute atomic E-state index is 14.6. The van der Waals surface area contributed by atoms with E-state index in [0.717, 1.165) is 0 Å². The van der Waals surface area contributed by atoms with Crippen LogP contribution in [-0.4, -0.2) is 16.2 Å². The second-order valence-electron chi connectivity index (χ2n) is 3.93. The molecule has 1 aromatic carbocycles. The van der Waals surface area contributed by atoms with E-state index >= 15 is 0 Å². The zero-order valence-corrected chi connectivity index (χ0v) is 14.7. The van der Waals surface area contributed by atoms with Gasteiger partial charge in [0.2, 0.25) is 0 Å². The minimum atomic E-state index is -0.574. The van der Waals surface area contributed by atoms with Gasteiger partial charge in [-0.15, -0.1) is 0 Å². The summed E-state index contributed by atoms with van der Waals surface area (Å²) in [5, 5.41) is 9.77.